The van der Waals surface area contributed by atoms with Crippen molar-refractivity contribution in [3.63, 3.8) is 0 Å². The number of hydrogen-bond donors (Lipinski definition) is 1. The van der Waals surface area contributed by atoms with Gasteiger partial charge in [-0.15, -0.1) is 0 Å². The fraction of sp³-hybridized carbons (Fsp3) is 0.667. The van der Waals surface area contributed by atoms with E-state index in [2.05, 4.69) is 21.8 Å². The molecule has 3 fully saturated rings. The summed E-state index contributed by atoms with van der Waals surface area (Å²) in [5.41, 5.74) is 1.07. The number of rotatable bonds is 6. The number of benzene rings is 1. The average Bonchev–Trinajstić information content (AvgIpc) is 3.37. The lowest BCUT2D eigenvalue weighted by molar-refractivity contribution is -0.135. The summed E-state index contributed by atoms with van der Waals surface area (Å²) in [6, 6.07) is 10.3. The van der Waals surface area contributed by atoms with Crippen LogP contribution in [-0.4, -0.2) is 62.6 Å². The van der Waals surface area contributed by atoms with Gasteiger partial charge in [0.15, 0.2) is 0 Å². The Morgan fingerprint density at radius 2 is 1.89 bits per heavy atom. The number of carbonyl (C=O) groups excluding carboxylic acids is 1. The molecule has 4 rings (SSSR count). The summed E-state index contributed by atoms with van der Waals surface area (Å²) in [5, 5.41) is 0. The Morgan fingerprint density at radius 3 is 2.57 bits per heavy atom. The van der Waals surface area contributed by atoms with Crippen LogP contribution in [0.15, 0.2) is 30.3 Å². The highest BCUT2D eigenvalue weighted by atomic mass is 32.2. The van der Waals surface area contributed by atoms with Gasteiger partial charge in [0, 0.05) is 44.1 Å². The SMILES string of the molecule is CS(=O)(=O)N[C@@H]1CCN(C(=O)CC2CC2)C[C@]12CCN(Cc1ccccc1)C2. The second-order valence-electron chi connectivity index (χ2n) is 9.00. The van der Waals surface area contributed by atoms with Crippen LogP contribution in [0.5, 0.6) is 0 Å². The summed E-state index contributed by atoms with van der Waals surface area (Å²) in [7, 11) is -3.28. The lowest BCUT2D eigenvalue weighted by atomic mass is 9.75. The van der Waals surface area contributed by atoms with Gasteiger partial charge in [0.05, 0.1) is 6.26 Å². The van der Waals surface area contributed by atoms with Gasteiger partial charge in [0.25, 0.3) is 0 Å². The van der Waals surface area contributed by atoms with Crippen molar-refractivity contribution in [2.45, 2.75) is 44.7 Å². The molecular formula is C21H31N3O3S. The second kappa shape index (κ2) is 7.76. The van der Waals surface area contributed by atoms with E-state index in [1.807, 2.05) is 23.1 Å². The molecule has 28 heavy (non-hydrogen) atoms. The van der Waals surface area contributed by atoms with E-state index in [0.29, 0.717) is 31.8 Å². The second-order valence-corrected chi connectivity index (χ2v) is 10.8. The molecule has 1 saturated carbocycles. The van der Waals surface area contributed by atoms with E-state index in [-0.39, 0.29) is 17.4 Å². The maximum absolute atomic E-state index is 12.7. The van der Waals surface area contributed by atoms with Crippen molar-refractivity contribution in [3.05, 3.63) is 35.9 Å². The summed E-state index contributed by atoms with van der Waals surface area (Å²) in [4.78, 5) is 17.1. The van der Waals surface area contributed by atoms with E-state index in [9.17, 15) is 13.2 Å². The van der Waals surface area contributed by atoms with Crippen molar-refractivity contribution >= 4 is 15.9 Å². The van der Waals surface area contributed by atoms with E-state index in [1.165, 1.54) is 24.7 Å². The third kappa shape index (κ3) is 4.75. The third-order valence-electron chi connectivity index (χ3n) is 6.52. The molecule has 2 aliphatic heterocycles. The Labute approximate surface area is 168 Å². The van der Waals surface area contributed by atoms with Crippen molar-refractivity contribution < 1.29 is 13.2 Å². The molecule has 1 aliphatic carbocycles. The number of likely N-dealkylation sites (tertiary alicyclic amines) is 2. The molecule has 1 aromatic rings. The molecule has 2 heterocycles. The molecule has 1 amide bonds. The van der Waals surface area contributed by atoms with Crippen LogP contribution in [0.1, 0.15) is 37.7 Å². The van der Waals surface area contributed by atoms with Crippen LogP contribution >= 0.6 is 0 Å². The van der Waals surface area contributed by atoms with Crippen LogP contribution in [0, 0.1) is 11.3 Å². The van der Waals surface area contributed by atoms with E-state index in [1.54, 1.807) is 0 Å². The quantitative estimate of drug-likeness (QED) is 0.784. The molecule has 6 nitrogen and oxygen atoms in total. The minimum atomic E-state index is -3.28. The van der Waals surface area contributed by atoms with Crippen LogP contribution in [-0.2, 0) is 21.4 Å². The predicted molar refractivity (Wildman–Crippen MR) is 109 cm³/mol. The van der Waals surface area contributed by atoms with Crippen LogP contribution in [0.25, 0.3) is 0 Å². The van der Waals surface area contributed by atoms with Crippen molar-refractivity contribution in [1.82, 2.24) is 14.5 Å². The van der Waals surface area contributed by atoms with Gasteiger partial charge in [-0.1, -0.05) is 30.3 Å². The lowest BCUT2D eigenvalue weighted by Crippen LogP contribution is -2.60. The average molecular weight is 406 g/mol. The van der Waals surface area contributed by atoms with Crippen LogP contribution in [0.3, 0.4) is 0 Å². The monoisotopic (exact) mass is 405 g/mol. The highest BCUT2D eigenvalue weighted by Gasteiger charge is 2.49. The van der Waals surface area contributed by atoms with Gasteiger partial charge in [-0.2, -0.15) is 0 Å². The molecular weight excluding hydrogens is 374 g/mol. The van der Waals surface area contributed by atoms with Crippen LogP contribution in [0.4, 0.5) is 0 Å². The topological polar surface area (TPSA) is 69.7 Å². The van der Waals surface area contributed by atoms with Gasteiger partial charge in [-0.05, 0) is 43.7 Å². The van der Waals surface area contributed by atoms with Crippen molar-refractivity contribution in [3.8, 4) is 0 Å². The molecule has 1 spiro atoms. The molecule has 2 saturated heterocycles. The van der Waals surface area contributed by atoms with Gasteiger partial charge in [-0.25, -0.2) is 13.1 Å². The molecule has 3 aliphatic rings. The number of hydrogen-bond acceptors (Lipinski definition) is 4. The first-order valence-electron chi connectivity index (χ1n) is 10.3. The number of carbonyl (C=O) groups is 1. The lowest BCUT2D eigenvalue weighted by Gasteiger charge is -2.46. The third-order valence-corrected chi connectivity index (χ3v) is 7.23. The highest BCUT2D eigenvalue weighted by molar-refractivity contribution is 7.88. The first-order valence-corrected chi connectivity index (χ1v) is 12.2. The number of amides is 1. The Morgan fingerprint density at radius 1 is 1.14 bits per heavy atom. The predicted octanol–water partition coefficient (Wildman–Crippen LogP) is 1.83. The van der Waals surface area contributed by atoms with Crippen molar-refractivity contribution in [1.29, 1.82) is 0 Å². The molecule has 7 heteroatoms. The first kappa shape index (κ1) is 19.9. The minimum absolute atomic E-state index is 0.103. The van der Waals surface area contributed by atoms with E-state index >= 15 is 0 Å². The molecule has 0 aromatic heterocycles. The van der Waals surface area contributed by atoms with Gasteiger partial charge in [-0.3, -0.25) is 9.69 Å². The number of nitrogens with one attached hydrogen (secondary N) is 1. The maximum Gasteiger partial charge on any atom is 0.222 e. The molecule has 1 N–H and O–H groups in total. The Kier molecular flexibility index (Phi) is 5.51. The van der Waals surface area contributed by atoms with Crippen LogP contribution in [0.2, 0.25) is 0 Å². The summed E-state index contributed by atoms with van der Waals surface area (Å²) in [6.07, 6.45) is 5.86. The Balaban J connectivity index is 1.49. The van der Waals surface area contributed by atoms with Crippen molar-refractivity contribution in [2.75, 3.05) is 32.4 Å². The summed E-state index contributed by atoms with van der Waals surface area (Å²) >= 11 is 0. The normalized spacial score (nSPS) is 28.8. The molecule has 154 valence electrons. The van der Waals surface area contributed by atoms with E-state index in [0.717, 1.165) is 26.1 Å². The standard InChI is InChI=1S/C21H31N3O3S/c1-28(26,27)22-19-9-11-24(20(25)13-17-7-8-17)16-21(19)10-12-23(15-21)14-18-5-3-2-4-6-18/h2-6,17,19,22H,7-16H2,1H3/t19-,21-/m1/s1. The molecule has 1 aromatic carbocycles. The van der Waals surface area contributed by atoms with Gasteiger partial charge < -0.3 is 4.90 Å². The number of sulfonamides is 1. The number of piperidine rings is 1. The van der Waals surface area contributed by atoms with Crippen molar-refractivity contribution in [2.24, 2.45) is 11.3 Å². The molecule has 0 unspecified atom stereocenters. The Hall–Kier alpha value is -1.44. The van der Waals surface area contributed by atoms with E-state index in [4.69, 9.17) is 0 Å². The molecule has 0 radical (unpaired) electrons. The smallest absolute Gasteiger partial charge is 0.222 e. The summed E-state index contributed by atoms with van der Waals surface area (Å²) in [6.45, 7) is 3.93. The fourth-order valence-corrected chi connectivity index (χ4v) is 5.77. The van der Waals surface area contributed by atoms with Crippen LogP contribution < -0.4 is 4.72 Å². The van der Waals surface area contributed by atoms with Gasteiger partial charge >= 0.3 is 0 Å². The first-order chi connectivity index (χ1) is 13.3. The zero-order valence-electron chi connectivity index (χ0n) is 16.6. The number of nitrogens with zero attached hydrogens (tertiary/aromatic N) is 2. The molecule has 2 atom stereocenters. The van der Waals surface area contributed by atoms with Gasteiger partial charge in [0.1, 0.15) is 0 Å². The van der Waals surface area contributed by atoms with Gasteiger partial charge in [0.2, 0.25) is 15.9 Å². The minimum Gasteiger partial charge on any atom is -0.342 e. The highest BCUT2D eigenvalue weighted by Crippen LogP contribution is 2.41. The largest absolute Gasteiger partial charge is 0.342 e. The Bertz CT molecular complexity index is 809. The fourth-order valence-electron chi connectivity index (χ4n) is 4.89. The molecule has 0 bridgehead atoms. The zero-order chi connectivity index (χ0) is 19.8. The maximum atomic E-state index is 12.7. The zero-order valence-corrected chi connectivity index (χ0v) is 17.5. The summed E-state index contributed by atoms with van der Waals surface area (Å²) in [5.74, 6) is 0.828. The summed E-state index contributed by atoms with van der Waals surface area (Å²) < 4.78 is 26.8. The van der Waals surface area contributed by atoms with E-state index < -0.39 is 10.0 Å².